The van der Waals surface area contributed by atoms with E-state index < -0.39 is 0 Å². The Morgan fingerprint density at radius 1 is 1.16 bits per heavy atom. The minimum atomic E-state index is -0.383. The highest BCUT2D eigenvalue weighted by atomic mass is 16.7. The van der Waals surface area contributed by atoms with Crippen LogP contribution in [-0.4, -0.2) is 25.6 Å². The average molecular weight is 337 g/mol. The number of ether oxygens (including phenoxy) is 3. The molecule has 0 bridgehead atoms. The molecule has 0 aromatic heterocycles. The van der Waals surface area contributed by atoms with Crippen LogP contribution in [0.1, 0.15) is 22.3 Å². The Hall–Kier alpha value is -2.66. The fourth-order valence-electron chi connectivity index (χ4n) is 4.35. The summed E-state index contributed by atoms with van der Waals surface area (Å²) in [6.07, 6.45) is 1.65. The molecule has 5 heteroatoms. The molecular formula is C20H19NO4. The first-order valence-corrected chi connectivity index (χ1v) is 8.40. The third-order valence-corrected chi connectivity index (χ3v) is 5.58. The summed E-state index contributed by atoms with van der Waals surface area (Å²) in [6, 6.07) is 7.85. The maximum absolute atomic E-state index is 10.1. The number of nitrogens with one attached hydrogen (secondary N) is 1. The van der Waals surface area contributed by atoms with E-state index >= 15 is 0 Å². The summed E-state index contributed by atoms with van der Waals surface area (Å²) >= 11 is 0. The van der Waals surface area contributed by atoms with E-state index in [0.717, 1.165) is 53.1 Å². The van der Waals surface area contributed by atoms with Gasteiger partial charge in [-0.2, -0.15) is 0 Å². The minimum Gasteiger partial charge on any atom is -0.504 e. The van der Waals surface area contributed by atoms with Crippen LogP contribution in [0.5, 0.6) is 23.0 Å². The van der Waals surface area contributed by atoms with Crippen molar-refractivity contribution in [1.29, 1.82) is 0 Å². The van der Waals surface area contributed by atoms with E-state index in [1.807, 2.05) is 18.2 Å². The third-order valence-electron chi connectivity index (χ3n) is 5.58. The molecular weight excluding hydrogens is 318 g/mol. The van der Waals surface area contributed by atoms with Gasteiger partial charge >= 0.3 is 0 Å². The molecule has 25 heavy (non-hydrogen) atoms. The van der Waals surface area contributed by atoms with Crippen LogP contribution in [0, 0.1) is 0 Å². The van der Waals surface area contributed by atoms with Crippen LogP contribution >= 0.6 is 0 Å². The van der Waals surface area contributed by atoms with Gasteiger partial charge in [-0.15, -0.1) is 0 Å². The smallest absolute Gasteiger partial charge is 0.231 e. The van der Waals surface area contributed by atoms with Gasteiger partial charge in [0.15, 0.2) is 23.0 Å². The molecule has 1 atom stereocenters. The number of methoxy groups -OCH3 is 1. The van der Waals surface area contributed by atoms with Crippen molar-refractivity contribution in [2.75, 3.05) is 20.4 Å². The molecule has 2 heterocycles. The van der Waals surface area contributed by atoms with Gasteiger partial charge in [0.1, 0.15) is 0 Å². The Morgan fingerprint density at radius 3 is 2.76 bits per heavy atom. The van der Waals surface area contributed by atoms with Crippen molar-refractivity contribution in [3.05, 3.63) is 53.1 Å². The van der Waals surface area contributed by atoms with Gasteiger partial charge in [-0.3, -0.25) is 0 Å². The van der Waals surface area contributed by atoms with Crippen molar-refractivity contribution in [1.82, 2.24) is 5.32 Å². The van der Waals surface area contributed by atoms with Crippen molar-refractivity contribution >= 4 is 5.57 Å². The summed E-state index contributed by atoms with van der Waals surface area (Å²) in [6.45, 7) is 5.52. The predicted octanol–water partition coefficient (Wildman–Crippen LogP) is 2.74. The third kappa shape index (κ3) is 1.87. The van der Waals surface area contributed by atoms with E-state index in [0.29, 0.717) is 5.75 Å². The first kappa shape index (κ1) is 14.7. The van der Waals surface area contributed by atoms with Crippen LogP contribution in [0.25, 0.3) is 5.57 Å². The molecule has 0 amide bonds. The van der Waals surface area contributed by atoms with E-state index in [1.165, 1.54) is 5.56 Å². The highest BCUT2D eigenvalue weighted by Gasteiger charge is 2.46. The van der Waals surface area contributed by atoms with Gasteiger partial charge in [-0.25, -0.2) is 0 Å². The van der Waals surface area contributed by atoms with Crippen molar-refractivity contribution in [3.8, 4) is 23.0 Å². The molecule has 0 fully saturated rings. The molecule has 1 spiro atoms. The van der Waals surface area contributed by atoms with Crippen LogP contribution < -0.4 is 19.5 Å². The molecule has 2 aliphatic heterocycles. The number of fused-ring (bicyclic) bond motifs is 4. The predicted molar refractivity (Wildman–Crippen MR) is 93.3 cm³/mol. The largest absolute Gasteiger partial charge is 0.504 e. The van der Waals surface area contributed by atoms with Gasteiger partial charge in [0, 0.05) is 6.54 Å². The summed E-state index contributed by atoms with van der Waals surface area (Å²) < 4.78 is 16.4. The van der Waals surface area contributed by atoms with Crippen molar-refractivity contribution in [2.24, 2.45) is 0 Å². The first-order valence-electron chi connectivity index (χ1n) is 8.40. The van der Waals surface area contributed by atoms with E-state index in [-0.39, 0.29) is 18.1 Å². The zero-order valence-electron chi connectivity index (χ0n) is 14.0. The summed E-state index contributed by atoms with van der Waals surface area (Å²) in [5.74, 6) is 2.24. The van der Waals surface area contributed by atoms with Crippen LogP contribution in [0.4, 0.5) is 0 Å². The van der Waals surface area contributed by atoms with Gasteiger partial charge in [-0.05, 0) is 64.9 Å². The molecule has 0 saturated heterocycles. The van der Waals surface area contributed by atoms with E-state index in [2.05, 4.69) is 18.0 Å². The molecule has 5 rings (SSSR count). The first-order chi connectivity index (χ1) is 12.1. The molecule has 128 valence electrons. The quantitative estimate of drug-likeness (QED) is 0.838. The van der Waals surface area contributed by atoms with Gasteiger partial charge in [0.2, 0.25) is 6.79 Å². The molecule has 0 radical (unpaired) electrons. The van der Waals surface area contributed by atoms with Crippen LogP contribution in [0.15, 0.2) is 30.8 Å². The number of aromatic hydroxyl groups is 1. The normalized spacial score (nSPS) is 22.8. The zero-order chi connectivity index (χ0) is 17.2. The summed E-state index contributed by atoms with van der Waals surface area (Å²) in [4.78, 5) is 0. The monoisotopic (exact) mass is 337 g/mol. The summed E-state index contributed by atoms with van der Waals surface area (Å²) in [5.41, 5.74) is 5.20. The number of phenolic OH excluding ortho intramolecular Hbond substituents is 1. The van der Waals surface area contributed by atoms with E-state index in [9.17, 15) is 5.11 Å². The van der Waals surface area contributed by atoms with Gasteiger partial charge in [0.25, 0.3) is 0 Å². The molecule has 1 unspecified atom stereocenters. The van der Waals surface area contributed by atoms with Gasteiger partial charge in [-0.1, -0.05) is 6.58 Å². The number of rotatable bonds is 1. The molecule has 5 nitrogen and oxygen atoms in total. The zero-order valence-corrected chi connectivity index (χ0v) is 14.0. The highest BCUT2D eigenvalue weighted by Crippen LogP contribution is 2.52. The second-order valence-corrected chi connectivity index (χ2v) is 6.78. The second-order valence-electron chi connectivity index (χ2n) is 6.78. The Morgan fingerprint density at radius 2 is 1.96 bits per heavy atom. The summed E-state index contributed by atoms with van der Waals surface area (Å²) in [7, 11) is 1.57. The maximum atomic E-state index is 10.1. The molecule has 0 saturated carbocycles. The molecule has 2 aromatic rings. The van der Waals surface area contributed by atoms with E-state index in [1.54, 1.807) is 7.11 Å². The minimum absolute atomic E-state index is 0.181. The van der Waals surface area contributed by atoms with Crippen molar-refractivity contribution < 1.29 is 19.3 Å². The number of hydrogen-bond acceptors (Lipinski definition) is 5. The lowest BCUT2D eigenvalue weighted by Gasteiger charge is -2.38. The maximum Gasteiger partial charge on any atom is 0.231 e. The SMILES string of the molecule is C=C1c2cc3c(cc2CC12NCCc1cc(O)c(OC)cc12)OCO3. The molecule has 2 N–H and O–H groups in total. The molecule has 2 aromatic carbocycles. The van der Waals surface area contributed by atoms with Gasteiger partial charge < -0.3 is 24.6 Å². The summed E-state index contributed by atoms with van der Waals surface area (Å²) in [5, 5.41) is 13.8. The van der Waals surface area contributed by atoms with E-state index in [4.69, 9.17) is 14.2 Å². The van der Waals surface area contributed by atoms with Crippen LogP contribution in [0.2, 0.25) is 0 Å². The number of benzene rings is 2. The Kier molecular flexibility index (Phi) is 2.89. The lowest BCUT2D eigenvalue weighted by molar-refractivity contribution is 0.174. The molecule has 1 aliphatic carbocycles. The lowest BCUT2D eigenvalue weighted by atomic mass is 9.77. The average Bonchev–Trinajstić information content (AvgIpc) is 3.16. The Labute approximate surface area is 145 Å². The van der Waals surface area contributed by atoms with Crippen molar-refractivity contribution in [3.63, 3.8) is 0 Å². The highest BCUT2D eigenvalue weighted by molar-refractivity contribution is 5.83. The van der Waals surface area contributed by atoms with Crippen LogP contribution in [0.3, 0.4) is 0 Å². The second kappa shape index (κ2) is 4.92. The van der Waals surface area contributed by atoms with Crippen LogP contribution in [-0.2, 0) is 18.4 Å². The fourth-order valence-corrected chi connectivity index (χ4v) is 4.35. The standard InChI is InChI=1S/C20H19NO4/c1-11-14-7-19-18(24-10-25-19)6-13(14)9-20(11)15-8-17(23-2)16(22)5-12(15)3-4-21-20/h5-8,21-22H,1,3-4,9-10H2,2H3. The van der Waals surface area contributed by atoms with Gasteiger partial charge in [0.05, 0.1) is 12.6 Å². The number of phenols is 1. The van der Waals surface area contributed by atoms with Crippen molar-refractivity contribution in [2.45, 2.75) is 18.4 Å². The topological polar surface area (TPSA) is 60.0 Å². The number of hydrogen-bond donors (Lipinski definition) is 2. The Bertz CT molecular complexity index is 920. The Balaban J connectivity index is 1.68. The molecule has 3 aliphatic rings. The lowest BCUT2D eigenvalue weighted by Crippen LogP contribution is -2.47. The fraction of sp³-hybridized carbons (Fsp3) is 0.300.